The largest absolute Gasteiger partial charge is 0.421 e. The van der Waals surface area contributed by atoms with Crippen molar-refractivity contribution in [2.45, 2.75) is 45.7 Å². The Morgan fingerprint density at radius 3 is 2.79 bits per heavy atom. The van der Waals surface area contributed by atoms with Crippen molar-refractivity contribution < 1.29 is 4.42 Å². The van der Waals surface area contributed by atoms with Gasteiger partial charge in [0.15, 0.2) is 0 Å². The van der Waals surface area contributed by atoms with Crippen molar-refractivity contribution in [2.75, 3.05) is 11.1 Å². The van der Waals surface area contributed by atoms with Crippen molar-refractivity contribution in [1.82, 2.24) is 24.7 Å². The van der Waals surface area contributed by atoms with Crippen LogP contribution in [0.25, 0.3) is 22.4 Å². The molecular weight excluding hydrogens is 418 g/mol. The Bertz CT molecular complexity index is 1490. The molecule has 5 rings (SSSR count). The lowest BCUT2D eigenvalue weighted by atomic mass is 10.1. The van der Waals surface area contributed by atoms with E-state index < -0.39 is 0 Å². The van der Waals surface area contributed by atoms with Crippen molar-refractivity contribution in [3.63, 3.8) is 0 Å². The number of nitrogens with two attached hydrogens (primary N) is 1. The van der Waals surface area contributed by atoms with E-state index in [4.69, 9.17) is 15.1 Å². The zero-order chi connectivity index (χ0) is 23.1. The first-order valence-electron chi connectivity index (χ1n) is 10.8. The van der Waals surface area contributed by atoms with E-state index in [-0.39, 0.29) is 23.5 Å². The third-order valence-electron chi connectivity index (χ3n) is 5.59. The average molecular weight is 441 g/mol. The van der Waals surface area contributed by atoms with Gasteiger partial charge in [-0.1, -0.05) is 12.0 Å². The summed E-state index contributed by atoms with van der Waals surface area (Å²) in [5, 5.41) is 11.9. The number of fused-ring (bicyclic) bond motifs is 1. The molecule has 0 aliphatic heterocycles. The summed E-state index contributed by atoms with van der Waals surface area (Å²) in [5.74, 6) is 7.74. The smallest absolute Gasteiger partial charge is 0.262 e. The second-order valence-corrected chi connectivity index (χ2v) is 8.07. The second kappa shape index (κ2) is 8.06. The molecule has 0 unspecified atom stereocenters. The fourth-order valence-electron chi connectivity index (χ4n) is 3.97. The fourth-order valence-corrected chi connectivity index (χ4v) is 3.97. The van der Waals surface area contributed by atoms with Gasteiger partial charge in [-0.2, -0.15) is 0 Å². The molecule has 0 spiro atoms. The summed E-state index contributed by atoms with van der Waals surface area (Å²) in [7, 11) is 0. The van der Waals surface area contributed by atoms with Gasteiger partial charge >= 0.3 is 0 Å². The minimum absolute atomic E-state index is 0.0715. The first kappa shape index (κ1) is 20.7. The lowest BCUT2D eigenvalue weighted by Crippen LogP contribution is -2.28. The number of nitrogens with one attached hydrogen (secondary N) is 1. The van der Waals surface area contributed by atoms with E-state index in [1.165, 1.54) is 0 Å². The molecule has 0 amide bonds. The van der Waals surface area contributed by atoms with Crippen LogP contribution in [0.2, 0.25) is 0 Å². The van der Waals surface area contributed by atoms with Crippen LogP contribution in [-0.4, -0.2) is 24.7 Å². The summed E-state index contributed by atoms with van der Waals surface area (Å²) in [6.07, 6.45) is 3.49. The van der Waals surface area contributed by atoms with E-state index in [9.17, 15) is 4.79 Å². The predicted octanol–water partition coefficient (Wildman–Crippen LogP) is 3.61. The zero-order valence-corrected chi connectivity index (χ0v) is 18.6. The highest BCUT2D eigenvalue weighted by molar-refractivity contribution is 5.84. The lowest BCUT2D eigenvalue weighted by molar-refractivity contribution is 0.533. The van der Waals surface area contributed by atoms with Gasteiger partial charge < -0.3 is 15.5 Å². The molecule has 0 radical (unpaired) electrons. The molecule has 0 saturated heterocycles. The Balaban J connectivity index is 1.63. The SMILES string of the molecule is CC#Cc1cccc2nc([C@H](C)Nc3nccc(N)c3-c3nnc(C)o3)n(C3CC3)c(=O)c12. The number of aromatic nitrogens is 5. The summed E-state index contributed by atoms with van der Waals surface area (Å²) in [6.45, 7) is 5.41. The van der Waals surface area contributed by atoms with Gasteiger partial charge in [0.2, 0.25) is 5.89 Å². The van der Waals surface area contributed by atoms with Gasteiger partial charge in [-0.05, 0) is 44.9 Å². The normalized spacial score (nSPS) is 14.0. The van der Waals surface area contributed by atoms with Crippen molar-refractivity contribution >= 4 is 22.4 Å². The molecule has 0 bridgehead atoms. The van der Waals surface area contributed by atoms with Crippen LogP contribution in [0.5, 0.6) is 0 Å². The van der Waals surface area contributed by atoms with Crippen LogP contribution >= 0.6 is 0 Å². The number of hydrogen-bond donors (Lipinski definition) is 2. The van der Waals surface area contributed by atoms with Gasteiger partial charge in [-0.3, -0.25) is 9.36 Å². The molecule has 1 aliphatic carbocycles. The minimum atomic E-state index is -0.347. The number of rotatable bonds is 5. The van der Waals surface area contributed by atoms with Gasteiger partial charge in [0.05, 0.1) is 16.9 Å². The molecule has 4 aromatic rings. The van der Waals surface area contributed by atoms with Gasteiger partial charge in [0.25, 0.3) is 11.4 Å². The summed E-state index contributed by atoms with van der Waals surface area (Å²) < 4.78 is 7.39. The Kier molecular flexibility index (Phi) is 5.05. The van der Waals surface area contributed by atoms with E-state index in [1.54, 1.807) is 30.7 Å². The highest BCUT2D eigenvalue weighted by Gasteiger charge is 2.31. The summed E-state index contributed by atoms with van der Waals surface area (Å²) in [5.41, 5.74) is 8.44. The minimum Gasteiger partial charge on any atom is -0.421 e. The van der Waals surface area contributed by atoms with Crippen LogP contribution in [0.15, 0.2) is 39.7 Å². The number of aryl methyl sites for hydroxylation is 1. The van der Waals surface area contributed by atoms with E-state index in [0.717, 1.165) is 12.8 Å². The topological polar surface area (TPSA) is 125 Å². The second-order valence-electron chi connectivity index (χ2n) is 8.07. The highest BCUT2D eigenvalue weighted by atomic mass is 16.4. The number of benzene rings is 1. The fraction of sp³-hybridized carbons (Fsp3) is 0.292. The van der Waals surface area contributed by atoms with E-state index in [0.29, 0.717) is 45.3 Å². The number of nitrogens with zero attached hydrogens (tertiary/aromatic N) is 5. The maximum absolute atomic E-state index is 13.6. The molecule has 33 heavy (non-hydrogen) atoms. The maximum atomic E-state index is 13.6. The van der Waals surface area contributed by atoms with Crippen LogP contribution in [0, 0.1) is 18.8 Å². The maximum Gasteiger partial charge on any atom is 0.262 e. The molecule has 1 saturated carbocycles. The van der Waals surface area contributed by atoms with Crippen LogP contribution in [0.4, 0.5) is 11.5 Å². The van der Waals surface area contributed by atoms with E-state index in [1.807, 2.05) is 25.1 Å². The first-order valence-corrected chi connectivity index (χ1v) is 10.8. The molecule has 1 atom stereocenters. The number of nitrogen functional groups attached to an aromatic ring is 1. The number of anilines is 2. The van der Waals surface area contributed by atoms with Crippen molar-refractivity contribution in [2.24, 2.45) is 0 Å². The predicted molar refractivity (Wildman–Crippen MR) is 126 cm³/mol. The Hall–Kier alpha value is -4.19. The third kappa shape index (κ3) is 3.69. The molecule has 9 nitrogen and oxygen atoms in total. The highest BCUT2D eigenvalue weighted by Crippen LogP contribution is 2.37. The summed E-state index contributed by atoms with van der Waals surface area (Å²) in [6, 6.07) is 7.03. The Morgan fingerprint density at radius 1 is 1.27 bits per heavy atom. The van der Waals surface area contributed by atoms with Crippen molar-refractivity contribution in [1.29, 1.82) is 0 Å². The number of hydrogen-bond acceptors (Lipinski definition) is 8. The average Bonchev–Trinajstić information content (AvgIpc) is 3.54. The van der Waals surface area contributed by atoms with Gasteiger partial charge in [0.1, 0.15) is 17.2 Å². The van der Waals surface area contributed by atoms with E-state index in [2.05, 4.69) is 32.3 Å². The van der Waals surface area contributed by atoms with Gasteiger partial charge in [-0.25, -0.2) is 9.97 Å². The molecule has 1 fully saturated rings. The number of pyridine rings is 1. The molecule has 3 aromatic heterocycles. The van der Waals surface area contributed by atoms with Crippen LogP contribution in [-0.2, 0) is 0 Å². The Labute approximate surface area is 190 Å². The monoisotopic (exact) mass is 441 g/mol. The third-order valence-corrected chi connectivity index (χ3v) is 5.59. The summed E-state index contributed by atoms with van der Waals surface area (Å²) >= 11 is 0. The Morgan fingerprint density at radius 2 is 2.09 bits per heavy atom. The molecule has 3 heterocycles. The van der Waals surface area contributed by atoms with Crippen LogP contribution in [0.1, 0.15) is 56.1 Å². The zero-order valence-electron chi connectivity index (χ0n) is 18.6. The summed E-state index contributed by atoms with van der Waals surface area (Å²) in [4.78, 5) is 22.9. The van der Waals surface area contributed by atoms with E-state index >= 15 is 0 Å². The standard InChI is InChI=1S/C24H23N7O2/c1-4-6-15-7-5-8-18-19(15)24(32)31(16-9-10-16)22(28-18)13(2)27-21-20(17(25)11-12-26-21)23-30-29-14(3)33-23/h5,7-8,11-13,16H,9-10H2,1-3H3,(H3,25,26,27)/t13-/m0/s1. The molecular formula is C24H23N7O2. The van der Waals surface area contributed by atoms with Crippen molar-refractivity contribution in [3.8, 4) is 23.3 Å². The molecule has 1 aromatic carbocycles. The van der Waals surface area contributed by atoms with Crippen molar-refractivity contribution in [3.05, 3.63) is 58.1 Å². The van der Waals surface area contributed by atoms with Crippen LogP contribution in [0.3, 0.4) is 0 Å². The molecule has 1 aliphatic rings. The van der Waals surface area contributed by atoms with Crippen LogP contribution < -0.4 is 16.6 Å². The first-order chi connectivity index (χ1) is 16.0. The van der Waals surface area contributed by atoms with Gasteiger partial charge in [-0.15, -0.1) is 16.1 Å². The quantitative estimate of drug-likeness (QED) is 0.450. The molecule has 3 N–H and O–H groups in total. The molecule has 9 heteroatoms. The lowest BCUT2D eigenvalue weighted by Gasteiger charge is -2.21. The molecule has 166 valence electrons. The van der Waals surface area contributed by atoms with Gasteiger partial charge in [0, 0.05) is 30.4 Å².